The van der Waals surface area contributed by atoms with E-state index < -0.39 is 16.9 Å². The molecule has 7 heteroatoms. The summed E-state index contributed by atoms with van der Waals surface area (Å²) in [6.07, 6.45) is 0.407. The van der Waals surface area contributed by atoms with Crippen LogP contribution in [0.3, 0.4) is 0 Å². The highest BCUT2D eigenvalue weighted by Crippen LogP contribution is 2.18. The van der Waals surface area contributed by atoms with Gasteiger partial charge in [0.25, 0.3) is 11.6 Å². The maximum Gasteiger partial charge on any atom is 0.334 e. The van der Waals surface area contributed by atoms with E-state index in [2.05, 4.69) is 5.32 Å². The average Bonchev–Trinajstić information content (AvgIpc) is 2.62. The fraction of sp³-hybridized carbons (Fsp3) is 0.263. The Labute approximate surface area is 151 Å². The fourth-order valence-corrected chi connectivity index (χ4v) is 2.34. The average molecular weight is 356 g/mol. The van der Waals surface area contributed by atoms with Crippen LogP contribution in [0.4, 0.5) is 5.69 Å². The van der Waals surface area contributed by atoms with E-state index in [4.69, 9.17) is 4.74 Å². The Bertz CT molecular complexity index is 772. The van der Waals surface area contributed by atoms with E-state index in [0.717, 1.165) is 0 Å². The molecule has 2 aromatic rings. The summed E-state index contributed by atoms with van der Waals surface area (Å²) in [7, 11) is 0. The number of amides is 1. The Kier molecular flexibility index (Phi) is 6.43. The maximum absolute atomic E-state index is 12.5. The first-order chi connectivity index (χ1) is 12.4. The van der Waals surface area contributed by atoms with Crippen LogP contribution < -0.4 is 10.1 Å². The van der Waals surface area contributed by atoms with E-state index in [-0.39, 0.29) is 23.3 Å². The van der Waals surface area contributed by atoms with Crippen molar-refractivity contribution in [3.63, 3.8) is 0 Å². The number of nitro benzene ring substituents is 1. The minimum absolute atomic E-state index is 0.0964. The van der Waals surface area contributed by atoms with Crippen molar-refractivity contribution in [2.45, 2.75) is 26.3 Å². The highest BCUT2D eigenvalue weighted by atomic mass is 16.6. The number of carbonyl (C=O) groups excluding carboxylic acids is 2. The molecule has 2 rings (SSSR count). The van der Waals surface area contributed by atoms with Crippen molar-refractivity contribution in [2.24, 2.45) is 5.92 Å². The van der Waals surface area contributed by atoms with Crippen molar-refractivity contribution in [1.82, 2.24) is 5.32 Å². The molecule has 0 unspecified atom stereocenters. The minimum Gasteiger partial charge on any atom is -0.425 e. The van der Waals surface area contributed by atoms with E-state index in [1.165, 1.54) is 24.3 Å². The van der Waals surface area contributed by atoms with Gasteiger partial charge in [-0.15, -0.1) is 0 Å². The number of ether oxygens (including phenoxy) is 1. The van der Waals surface area contributed by atoms with Gasteiger partial charge in [0.05, 0.1) is 4.92 Å². The molecule has 136 valence electrons. The molecule has 0 aliphatic carbocycles. The van der Waals surface area contributed by atoms with E-state index in [9.17, 15) is 19.7 Å². The molecule has 0 aliphatic rings. The number of non-ortho nitro benzene ring substituents is 1. The zero-order valence-corrected chi connectivity index (χ0v) is 14.5. The van der Waals surface area contributed by atoms with Crippen LogP contribution in [-0.2, 0) is 4.79 Å². The Balaban J connectivity index is 2.08. The van der Waals surface area contributed by atoms with Crippen LogP contribution in [0.1, 0.15) is 30.6 Å². The molecule has 0 heterocycles. The minimum atomic E-state index is -0.821. The molecule has 1 amide bonds. The summed E-state index contributed by atoms with van der Waals surface area (Å²) in [5.74, 6) is -0.641. The van der Waals surface area contributed by atoms with Gasteiger partial charge >= 0.3 is 5.97 Å². The first-order valence-corrected chi connectivity index (χ1v) is 8.19. The third-order valence-corrected chi connectivity index (χ3v) is 3.60. The van der Waals surface area contributed by atoms with E-state index in [0.29, 0.717) is 12.0 Å². The standard InChI is InChI=1S/C19H20N2O5/c1-13(2)12-17(20-18(22)14-6-4-3-5-7-14)19(23)26-16-10-8-15(9-11-16)21(24)25/h3-11,13,17H,12H2,1-2H3,(H,20,22)/t17-/m0/s1. The van der Waals surface area contributed by atoms with Crippen molar-refractivity contribution in [1.29, 1.82) is 0 Å². The van der Waals surface area contributed by atoms with Crippen LogP contribution in [0.15, 0.2) is 54.6 Å². The molecule has 7 nitrogen and oxygen atoms in total. The van der Waals surface area contributed by atoms with Crippen LogP contribution in [0.25, 0.3) is 0 Å². The summed E-state index contributed by atoms with van der Waals surface area (Å²) in [6, 6.07) is 13.0. The third kappa shape index (κ3) is 5.41. The molecule has 0 saturated heterocycles. The predicted molar refractivity (Wildman–Crippen MR) is 95.9 cm³/mol. The molecular weight excluding hydrogens is 336 g/mol. The van der Waals surface area contributed by atoms with Gasteiger partial charge in [-0.05, 0) is 36.6 Å². The molecule has 0 aliphatic heterocycles. The summed E-state index contributed by atoms with van der Waals surface area (Å²) < 4.78 is 5.27. The van der Waals surface area contributed by atoms with E-state index >= 15 is 0 Å². The lowest BCUT2D eigenvalue weighted by atomic mass is 10.0. The predicted octanol–water partition coefficient (Wildman–Crippen LogP) is 3.34. The van der Waals surface area contributed by atoms with Gasteiger partial charge in [-0.2, -0.15) is 0 Å². The van der Waals surface area contributed by atoms with E-state index in [1.54, 1.807) is 30.3 Å². The highest BCUT2D eigenvalue weighted by Gasteiger charge is 2.24. The number of hydrogen-bond donors (Lipinski definition) is 1. The summed E-state index contributed by atoms with van der Waals surface area (Å²) in [5.41, 5.74) is 0.352. The van der Waals surface area contributed by atoms with Crippen LogP contribution in [0.5, 0.6) is 5.75 Å². The van der Waals surface area contributed by atoms with Gasteiger partial charge in [0, 0.05) is 17.7 Å². The molecular formula is C19H20N2O5. The second-order valence-corrected chi connectivity index (χ2v) is 6.19. The van der Waals surface area contributed by atoms with Crippen LogP contribution >= 0.6 is 0 Å². The first kappa shape index (κ1) is 19.1. The van der Waals surface area contributed by atoms with Gasteiger partial charge in [0.15, 0.2) is 0 Å². The summed E-state index contributed by atoms with van der Waals surface area (Å²) >= 11 is 0. The van der Waals surface area contributed by atoms with Crippen molar-refractivity contribution < 1.29 is 19.2 Å². The summed E-state index contributed by atoms with van der Waals surface area (Å²) in [5, 5.41) is 13.4. The summed E-state index contributed by atoms with van der Waals surface area (Å²) in [4.78, 5) is 34.9. The number of carbonyl (C=O) groups is 2. The molecule has 0 spiro atoms. The molecule has 0 radical (unpaired) electrons. The van der Waals surface area contributed by atoms with Crippen LogP contribution in [-0.4, -0.2) is 22.8 Å². The Hall–Kier alpha value is -3.22. The lowest BCUT2D eigenvalue weighted by Crippen LogP contribution is -2.43. The van der Waals surface area contributed by atoms with Crippen molar-refractivity contribution in [3.8, 4) is 5.75 Å². The van der Waals surface area contributed by atoms with Crippen molar-refractivity contribution in [3.05, 3.63) is 70.3 Å². The lowest BCUT2D eigenvalue weighted by molar-refractivity contribution is -0.384. The largest absolute Gasteiger partial charge is 0.425 e. The number of nitro groups is 1. The molecule has 26 heavy (non-hydrogen) atoms. The third-order valence-electron chi connectivity index (χ3n) is 3.60. The van der Waals surface area contributed by atoms with E-state index in [1.807, 2.05) is 13.8 Å². The van der Waals surface area contributed by atoms with Gasteiger partial charge in [0.1, 0.15) is 11.8 Å². The van der Waals surface area contributed by atoms with Gasteiger partial charge in [-0.1, -0.05) is 32.0 Å². The smallest absolute Gasteiger partial charge is 0.334 e. The second-order valence-electron chi connectivity index (χ2n) is 6.19. The van der Waals surface area contributed by atoms with Gasteiger partial charge in [-0.3, -0.25) is 14.9 Å². The quantitative estimate of drug-likeness (QED) is 0.355. The molecule has 2 aromatic carbocycles. The lowest BCUT2D eigenvalue weighted by Gasteiger charge is -2.19. The monoisotopic (exact) mass is 356 g/mol. The number of hydrogen-bond acceptors (Lipinski definition) is 5. The topological polar surface area (TPSA) is 98.5 Å². The normalized spacial score (nSPS) is 11.7. The molecule has 1 atom stereocenters. The second kappa shape index (κ2) is 8.75. The fourth-order valence-electron chi connectivity index (χ4n) is 2.34. The van der Waals surface area contributed by atoms with Crippen LogP contribution in [0.2, 0.25) is 0 Å². The highest BCUT2D eigenvalue weighted by molar-refractivity contribution is 5.96. The molecule has 0 aromatic heterocycles. The van der Waals surface area contributed by atoms with Crippen molar-refractivity contribution >= 4 is 17.6 Å². The maximum atomic E-state index is 12.5. The molecule has 0 saturated carbocycles. The van der Waals surface area contributed by atoms with Gasteiger partial charge < -0.3 is 10.1 Å². The Morgan fingerprint density at radius 3 is 2.23 bits per heavy atom. The zero-order chi connectivity index (χ0) is 19.1. The number of nitrogens with one attached hydrogen (secondary N) is 1. The first-order valence-electron chi connectivity index (χ1n) is 8.19. The Morgan fingerprint density at radius 1 is 1.08 bits per heavy atom. The van der Waals surface area contributed by atoms with Gasteiger partial charge in [-0.25, -0.2) is 4.79 Å². The zero-order valence-electron chi connectivity index (χ0n) is 14.5. The molecule has 0 fully saturated rings. The number of esters is 1. The Morgan fingerprint density at radius 2 is 1.69 bits per heavy atom. The number of nitrogens with zero attached hydrogens (tertiary/aromatic N) is 1. The van der Waals surface area contributed by atoms with Crippen molar-refractivity contribution in [2.75, 3.05) is 0 Å². The summed E-state index contributed by atoms with van der Waals surface area (Å²) in [6.45, 7) is 3.86. The SMILES string of the molecule is CC(C)C[C@H](NC(=O)c1ccccc1)C(=O)Oc1ccc([N+](=O)[O-])cc1. The number of benzene rings is 2. The number of rotatable bonds is 7. The molecule has 0 bridgehead atoms. The molecule has 1 N–H and O–H groups in total. The van der Waals surface area contributed by atoms with Gasteiger partial charge in [0.2, 0.25) is 0 Å². The van der Waals surface area contributed by atoms with Crippen LogP contribution in [0, 0.1) is 16.0 Å².